The normalized spacial score (nSPS) is 12.7. The number of rotatable bonds is 3. The highest BCUT2D eigenvalue weighted by molar-refractivity contribution is 9.10. The van der Waals surface area contributed by atoms with Crippen molar-refractivity contribution in [3.63, 3.8) is 0 Å². The zero-order chi connectivity index (χ0) is 15.0. The first kappa shape index (κ1) is 14.1. The topological polar surface area (TPSA) is 68.9 Å². The summed E-state index contributed by atoms with van der Waals surface area (Å²) in [5, 5.41) is 10.5. The summed E-state index contributed by atoms with van der Waals surface area (Å²) in [5.41, 5.74) is 4.18. The first-order valence-corrected chi connectivity index (χ1v) is 7.47. The molecule has 3 rings (SSSR count). The van der Waals surface area contributed by atoms with Gasteiger partial charge in [-0.25, -0.2) is 4.79 Å². The van der Waals surface area contributed by atoms with Crippen LogP contribution in [0.1, 0.15) is 22.8 Å². The summed E-state index contributed by atoms with van der Waals surface area (Å²) >= 11 is 3.46. The van der Waals surface area contributed by atoms with Gasteiger partial charge in [0.15, 0.2) is 0 Å². The van der Waals surface area contributed by atoms with Crippen molar-refractivity contribution in [1.82, 2.24) is 9.97 Å². The molecule has 0 aliphatic rings. The van der Waals surface area contributed by atoms with Crippen LogP contribution < -0.4 is 5.69 Å². The van der Waals surface area contributed by atoms with E-state index in [2.05, 4.69) is 32.0 Å². The van der Waals surface area contributed by atoms with E-state index in [0.717, 1.165) is 21.1 Å². The highest BCUT2D eigenvalue weighted by Crippen LogP contribution is 2.29. The first-order chi connectivity index (χ1) is 10.0. The van der Waals surface area contributed by atoms with Crippen LogP contribution in [0.3, 0.4) is 0 Å². The average molecular weight is 347 g/mol. The SMILES string of the molecule is Cc1cccc(CC(O)c2cc3[nH]c(=O)[nH]c3cc2Br)c1. The monoisotopic (exact) mass is 346 g/mol. The lowest BCUT2D eigenvalue weighted by atomic mass is 10.00. The molecule has 0 aliphatic heterocycles. The van der Waals surface area contributed by atoms with Gasteiger partial charge in [-0.05, 0) is 30.2 Å². The molecule has 3 aromatic rings. The molecule has 1 atom stereocenters. The molecule has 1 unspecified atom stereocenters. The molecule has 108 valence electrons. The summed E-state index contributed by atoms with van der Waals surface area (Å²) in [4.78, 5) is 16.7. The molecule has 4 nitrogen and oxygen atoms in total. The molecule has 3 N–H and O–H groups in total. The molecule has 0 amide bonds. The van der Waals surface area contributed by atoms with Crippen molar-refractivity contribution in [2.24, 2.45) is 0 Å². The summed E-state index contributed by atoms with van der Waals surface area (Å²) in [5.74, 6) is 0. The number of benzene rings is 2. The zero-order valence-electron chi connectivity index (χ0n) is 11.5. The standard InChI is InChI=1S/C16H15BrN2O2/c1-9-3-2-4-10(5-9)6-15(20)11-7-13-14(8-12(11)17)19-16(21)18-13/h2-5,7-8,15,20H,6H2,1H3,(H2,18,19,21). The number of aromatic amines is 2. The number of aliphatic hydroxyl groups is 1. The van der Waals surface area contributed by atoms with Crippen molar-refractivity contribution in [2.75, 3.05) is 0 Å². The van der Waals surface area contributed by atoms with E-state index in [-0.39, 0.29) is 5.69 Å². The number of hydrogen-bond donors (Lipinski definition) is 3. The van der Waals surface area contributed by atoms with Gasteiger partial charge in [0.05, 0.1) is 17.1 Å². The molecule has 0 saturated carbocycles. The van der Waals surface area contributed by atoms with Gasteiger partial charge in [-0.15, -0.1) is 0 Å². The van der Waals surface area contributed by atoms with E-state index in [9.17, 15) is 9.90 Å². The van der Waals surface area contributed by atoms with Crippen LogP contribution >= 0.6 is 15.9 Å². The number of fused-ring (bicyclic) bond motifs is 1. The van der Waals surface area contributed by atoms with E-state index in [1.54, 1.807) is 6.07 Å². The minimum Gasteiger partial charge on any atom is -0.388 e. The fourth-order valence-corrected chi connectivity index (χ4v) is 3.11. The number of H-pyrrole nitrogens is 2. The number of aromatic nitrogens is 2. The second-order valence-electron chi connectivity index (χ2n) is 5.21. The van der Waals surface area contributed by atoms with Crippen molar-refractivity contribution in [1.29, 1.82) is 0 Å². The maximum Gasteiger partial charge on any atom is 0.323 e. The van der Waals surface area contributed by atoms with Gasteiger partial charge in [0.25, 0.3) is 0 Å². The van der Waals surface area contributed by atoms with Crippen molar-refractivity contribution >= 4 is 27.0 Å². The molecule has 0 radical (unpaired) electrons. The van der Waals surface area contributed by atoms with Crippen LogP contribution in [0, 0.1) is 6.92 Å². The van der Waals surface area contributed by atoms with Gasteiger partial charge in [0.1, 0.15) is 0 Å². The summed E-state index contributed by atoms with van der Waals surface area (Å²) < 4.78 is 0.783. The molecule has 0 aliphatic carbocycles. The van der Waals surface area contributed by atoms with Crippen molar-refractivity contribution in [3.05, 3.63) is 68.0 Å². The lowest BCUT2D eigenvalue weighted by Gasteiger charge is -2.13. The quantitative estimate of drug-likeness (QED) is 0.681. The summed E-state index contributed by atoms with van der Waals surface area (Å²) in [6.07, 6.45) is -0.107. The third kappa shape index (κ3) is 2.94. The predicted molar refractivity (Wildman–Crippen MR) is 86.5 cm³/mol. The summed E-state index contributed by atoms with van der Waals surface area (Å²) in [6, 6.07) is 11.7. The Morgan fingerprint density at radius 1 is 1.19 bits per heavy atom. The third-order valence-corrected chi connectivity index (χ3v) is 4.19. The van der Waals surface area contributed by atoms with Gasteiger partial charge >= 0.3 is 5.69 Å². The van der Waals surface area contributed by atoms with E-state index < -0.39 is 6.10 Å². The van der Waals surface area contributed by atoms with Crippen molar-refractivity contribution in [3.8, 4) is 0 Å². The van der Waals surface area contributed by atoms with Crippen LogP contribution in [0.5, 0.6) is 0 Å². The van der Waals surface area contributed by atoms with E-state index in [0.29, 0.717) is 11.9 Å². The molecule has 5 heteroatoms. The van der Waals surface area contributed by atoms with Crippen LogP contribution in [0.25, 0.3) is 11.0 Å². The molecule has 0 saturated heterocycles. The molecule has 1 aromatic heterocycles. The number of nitrogens with one attached hydrogen (secondary N) is 2. The second-order valence-corrected chi connectivity index (χ2v) is 6.06. The lowest BCUT2D eigenvalue weighted by molar-refractivity contribution is 0.178. The Labute approximate surface area is 130 Å². The smallest absolute Gasteiger partial charge is 0.323 e. The van der Waals surface area contributed by atoms with Crippen molar-refractivity contribution in [2.45, 2.75) is 19.4 Å². The van der Waals surface area contributed by atoms with Crippen LogP contribution in [0.2, 0.25) is 0 Å². The Balaban J connectivity index is 1.95. The minimum absolute atomic E-state index is 0.248. The van der Waals surface area contributed by atoms with Gasteiger partial charge in [0.2, 0.25) is 0 Å². The molecular weight excluding hydrogens is 332 g/mol. The highest BCUT2D eigenvalue weighted by atomic mass is 79.9. The number of aryl methyl sites for hydroxylation is 1. The molecular formula is C16H15BrN2O2. The molecule has 0 spiro atoms. The van der Waals surface area contributed by atoms with Gasteiger partial charge < -0.3 is 15.1 Å². The van der Waals surface area contributed by atoms with Crippen LogP contribution in [-0.2, 0) is 6.42 Å². The van der Waals surface area contributed by atoms with Gasteiger partial charge in [0, 0.05) is 10.9 Å². The highest BCUT2D eigenvalue weighted by Gasteiger charge is 2.14. The van der Waals surface area contributed by atoms with Crippen LogP contribution in [0.15, 0.2) is 45.7 Å². The maximum absolute atomic E-state index is 11.3. The minimum atomic E-state index is -0.635. The van der Waals surface area contributed by atoms with Gasteiger partial charge in [-0.1, -0.05) is 45.8 Å². The van der Waals surface area contributed by atoms with E-state index in [4.69, 9.17) is 0 Å². The number of imidazole rings is 1. The van der Waals surface area contributed by atoms with E-state index in [1.807, 2.05) is 31.2 Å². The number of halogens is 1. The van der Waals surface area contributed by atoms with E-state index >= 15 is 0 Å². The Morgan fingerprint density at radius 2 is 1.90 bits per heavy atom. The predicted octanol–water partition coefficient (Wildman–Crippen LogP) is 3.20. The Morgan fingerprint density at radius 3 is 2.62 bits per heavy atom. The Hall–Kier alpha value is -1.85. The first-order valence-electron chi connectivity index (χ1n) is 6.68. The molecule has 1 heterocycles. The third-order valence-electron chi connectivity index (χ3n) is 3.50. The van der Waals surface area contributed by atoms with E-state index in [1.165, 1.54) is 5.56 Å². The summed E-state index contributed by atoms with van der Waals surface area (Å²) in [6.45, 7) is 2.03. The maximum atomic E-state index is 11.3. The van der Waals surface area contributed by atoms with Crippen LogP contribution in [0.4, 0.5) is 0 Å². The van der Waals surface area contributed by atoms with Crippen molar-refractivity contribution < 1.29 is 5.11 Å². The Kier molecular flexibility index (Phi) is 3.69. The Bertz CT molecular complexity index is 851. The number of hydrogen-bond acceptors (Lipinski definition) is 2. The fraction of sp³-hybridized carbons (Fsp3) is 0.188. The largest absolute Gasteiger partial charge is 0.388 e. The average Bonchev–Trinajstić information content (AvgIpc) is 2.76. The van der Waals surface area contributed by atoms with Gasteiger partial charge in [-0.3, -0.25) is 0 Å². The fourth-order valence-electron chi connectivity index (χ4n) is 2.50. The van der Waals surface area contributed by atoms with Gasteiger partial charge in [-0.2, -0.15) is 0 Å². The molecule has 21 heavy (non-hydrogen) atoms. The summed E-state index contributed by atoms with van der Waals surface area (Å²) in [7, 11) is 0. The second kappa shape index (κ2) is 5.50. The molecule has 0 fully saturated rings. The zero-order valence-corrected chi connectivity index (χ0v) is 13.1. The number of aliphatic hydroxyl groups excluding tert-OH is 1. The van der Waals surface area contributed by atoms with Crippen LogP contribution in [-0.4, -0.2) is 15.1 Å². The lowest BCUT2D eigenvalue weighted by Crippen LogP contribution is -2.03. The molecule has 2 aromatic carbocycles. The molecule has 0 bridgehead atoms.